The van der Waals surface area contributed by atoms with E-state index in [1.165, 1.54) is 6.42 Å². The first-order valence-corrected chi connectivity index (χ1v) is 7.54. The second-order valence-electron chi connectivity index (χ2n) is 5.90. The predicted octanol–water partition coefficient (Wildman–Crippen LogP) is 2.18. The Morgan fingerprint density at radius 1 is 1.35 bits per heavy atom. The third-order valence-electron chi connectivity index (χ3n) is 3.77. The van der Waals surface area contributed by atoms with Crippen LogP contribution in [0.4, 0.5) is 0 Å². The van der Waals surface area contributed by atoms with Crippen LogP contribution in [-0.2, 0) is 6.42 Å². The molecule has 0 aromatic carbocycles. The van der Waals surface area contributed by atoms with Gasteiger partial charge in [0.1, 0.15) is 0 Å². The van der Waals surface area contributed by atoms with Gasteiger partial charge in [-0.1, -0.05) is 19.9 Å². The van der Waals surface area contributed by atoms with Gasteiger partial charge >= 0.3 is 0 Å². The van der Waals surface area contributed by atoms with Crippen LogP contribution in [0, 0.1) is 11.8 Å². The molecule has 0 radical (unpaired) electrons. The summed E-state index contributed by atoms with van der Waals surface area (Å²) in [6.07, 6.45) is 4.10. The minimum absolute atomic E-state index is 0.744. The highest BCUT2D eigenvalue weighted by Crippen LogP contribution is 2.20. The molecule has 20 heavy (non-hydrogen) atoms. The number of guanidine groups is 1. The first-order valence-electron chi connectivity index (χ1n) is 7.54. The van der Waals surface area contributed by atoms with E-state index in [2.05, 4.69) is 40.1 Å². The fraction of sp³-hybridized carbons (Fsp3) is 0.625. The third kappa shape index (κ3) is 4.22. The van der Waals surface area contributed by atoms with Gasteiger partial charge in [-0.25, -0.2) is 0 Å². The quantitative estimate of drug-likeness (QED) is 0.678. The van der Waals surface area contributed by atoms with E-state index in [0.29, 0.717) is 0 Å². The lowest BCUT2D eigenvalue weighted by Crippen LogP contribution is -2.48. The van der Waals surface area contributed by atoms with Gasteiger partial charge in [0, 0.05) is 45.0 Å². The molecule has 1 N–H and O–H groups in total. The maximum Gasteiger partial charge on any atom is 0.193 e. The van der Waals surface area contributed by atoms with Gasteiger partial charge in [0.2, 0.25) is 0 Å². The largest absolute Gasteiger partial charge is 0.356 e. The van der Waals surface area contributed by atoms with E-state index in [9.17, 15) is 0 Å². The SMILES string of the molecule is CN=C(NCCc1ccccn1)N1CC(C)CC(C)C1. The number of rotatable bonds is 3. The molecule has 0 amide bonds. The Morgan fingerprint density at radius 3 is 2.70 bits per heavy atom. The number of nitrogens with zero attached hydrogens (tertiary/aromatic N) is 3. The topological polar surface area (TPSA) is 40.5 Å². The van der Waals surface area contributed by atoms with E-state index in [1.54, 1.807) is 0 Å². The minimum atomic E-state index is 0.744. The van der Waals surface area contributed by atoms with Crippen LogP contribution < -0.4 is 5.32 Å². The molecule has 0 aliphatic carbocycles. The first kappa shape index (κ1) is 14.8. The number of likely N-dealkylation sites (tertiary alicyclic amines) is 1. The Hall–Kier alpha value is -1.58. The fourth-order valence-electron chi connectivity index (χ4n) is 3.02. The second kappa shape index (κ2) is 7.27. The van der Waals surface area contributed by atoms with Crippen molar-refractivity contribution in [1.82, 2.24) is 15.2 Å². The average molecular weight is 274 g/mol. The summed E-state index contributed by atoms with van der Waals surface area (Å²) in [6, 6.07) is 6.05. The number of nitrogens with one attached hydrogen (secondary N) is 1. The highest BCUT2D eigenvalue weighted by molar-refractivity contribution is 5.80. The Morgan fingerprint density at radius 2 is 2.10 bits per heavy atom. The van der Waals surface area contributed by atoms with Crippen molar-refractivity contribution in [3.63, 3.8) is 0 Å². The highest BCUT2D eigenvalue weighted by Gasteiger charge is 2.23. The van der Waals surface area contributed by atoms with Crippen molar-refractivity contribution in [2.75, 3.05) is 26.7 Å². The maximum absolute atomic E-state index is 4.42. The summed E-state index contributed by atoms with van der Waals surface area (Å²) in [5, 5.41) is 3.46. The summed E-state index contributed by atoms with van der Waals surface area (Å²) in [6.45, 7) is 7.73. The van der Waals surface area contributed by atoms with Crippen molar-refractivity contribution in [2.24, 2.45) is 16.8 Å². The minimum Gasteiger partial charge on any atom is -0.356 e. The van der Waals surface area contributed by atoms with Crippen LogP contribution in [-0.4, -0.2) is 42.5 Å². The Kier molecular flexibility index (Phi) is 5.39. The molecule has 4 heteroatoms. The van der Waals surface area contributed by atoms with Crippen LogP contribution in [0.1, 0.15) is 26.0 Å². The van der Waals surface area contributed by atoms with Crippen LogP contribution in [0.2, 0.25) is 0 Å². The molecule has 2 heterocycles. The summed E-state index contributed by atoms with van der Waals surface area (Å²) in [5.74, 6) is 2.51. The van der Waals surface area contributed by atoms with Crippen molar-refractivity contribution in [3.05, 3.63) is 30.1 Å². The van der Waals surface area contributed by atoms with E-state index in [4.69, 9.17) is 0 Å². The summed E-state index contributed by atoms with van der Waals surface area (Å²) in [4.78, 5) is 11.2. The standard InChI is InChI=1S/C16H26N4/c1-13-10-14(2)12-20(11-13)16(17-3)19-9-7-15-6-4-5-8-18-15/h4-6,8,13-14H,7,9-12H2,1-3H3,(H,17,19). The van der Waals surface area contributed by atoms with Crippen molar-refractivity contribution >= 4 is 5.96 Å². The van der Waals surface area contributed by atoms with Crippen LogP contribution in [0.5, 0.6) is 0 Å². The van der Waals surface area contributed by atoms with Crippen molar-refractivity contribution in [2.45, 2.75) is 26.7 Å². The second-order valence-corrected chi connectivity index (χ2v) is 5.90. The first-order chi connectivity index (χ1) is 9.69. The van der Waals surface area contributed by atoms with Crippen molar-refractivity contribution in [3.8, 4) is 0 Å². The fourth-order valence-corrected chi connectivity index (χ4v) is 3.02. The molecule has 1 saturated heterocycles. The summed E-state index contributed by atoms with van der Waals surface area (Å²) in [7, 11) is 1.87. The lowest BCUT2D eigenvalue weighted by atomic mass is 9.92. The van der Waals surface area contributed by atoms with Crippen LogP contribution in [0.15, 0.2) is 29.4 Å². The van der Waals surface area contributed by atoms with Crippen LogP contribution >= 0.6 is 0 Å². The molecule has 2 atom stereocenters. The van der Waals surface area contributed by atoms with Crippen LogP contribution in [0.25, 0.3) is 0 Å². The zero-order chi connectivity index (χ0) is 14.4. The van der Waals surface area contributed by atoms with Gasteiger partial charge in [-0.15, -0.1) is 0 Å². The lowest BCUT2D eigenvalue weighted by molar-refractivity contribution is 0.208. The molecule has 2 rings (SSSR count). The van der Waals surface area contributed by atoms with E-state index >= 15 is 0 Å². The Bertz CT molecular complexity index is 419. The molecular weight excluding hydrogens is 248 g/mol. The van der Waals surface area contributed by atoms with Gasteiger partial charge in [-0.2, -0.15) is 0 Å². The lowest BCUT2D eigenvalue weighted by Gasteiger charge is -2.37. The molecule has 1 fully saturated rings. The molecule has 1 aromatic rings. The van der Waals surface area contributed by atoms with Gasteiger partial charge in [0.25, 0.3) is 0 Å². The maximum atomic E-state index is 4.42. The summed E-state index contributed by atoms with van der Waals surface area (Å²) < 4.78 is 0. The highest BCUT2D eigenvalue weighted by atomic mass is 15.3. The zero-order valence-electron chi connectivity index (χ0n) is 12.8. The number of hydrogen-bond donors (Lipinski definition) is 1. The molecule has 1 aliphatic heterocycles. The molecule has 4 nitrogen and oxygen atoms in total. The Labute approximate surface area is 122 Å². The summed E-state index contributed by atoms with van der Waals surface area (Å²) in [5.41, 5.74) is 1.12. The molecule has 0 saturated carbocycles. The number of hydrogen-bond acceptors (Lipinski definition) is 2. The van der Waals surface area contributed by atoms with Gasteiger partial charge in [0.05, 0.1) is 0 Å². The van der Waals surface area contributed by atoms with Gasteiger partial charge in [-0.05, 0) is 30.4 Å². The number of piperidine rings is 1. The number of pyridine rings is 1. The monoisotopic (exact) mass is 274 g/mol. The number of aliphatic imine (C=N–C) groups is 1. The normalized spacial score (nSPS) is 23.8. The smallest absolute Gasteiger partial charge is 0.193 e. The van der Waals surface area contributed by atoms with Crippen LogP contribution in [0.3, 0.4) is 0 Å². The molecular formula is C16H26N4. The van der Waals surface area contributed by atoms with E-state index in [-0.39, 0.29) is 0 Å². The Balaban J connectivity index is 1.83. The molecule has 1 aromatic heterocycles. The van der Waals surface area contributed by atoms with Crippen molar-refractivity contribution in [1.29, 1.82) is 0 Å². The van der Waals surface area contributed by atoms with Gasteiger partial charge in [0.15, 0.2) is 5.96 Å². The third-order valence-corrected chi connectivity index (χ3v) is 3.77. The van der Waals surface area contributed by atoms with E-state index < -0.39 is 0 Å². The molecule has 0 spiro atoms. The van der Waals surface area contributed by atoms with E-state index in [1.807, 2.05) is 25.4 Å². The number of aromatic nitrogens is 1. The van der Waals surface area contributed by atoms with E-state index in [0.717, 1.165) is 49.5 Å². The summed E-state index contributed by atoms with van der Waals surface area (Å²) >= 11 is 0. The van der Waals surface area contributed by atoms with Gasteiger partial charge < -0.3 is 10.2 Å². The molecule has 1 aliphatic rings. The molecule has 110 valence electrons. The molecule has 2 unspecified atom stereocenters. The van der Waals surface area contributed by atoms with Gasteiger partial charge in [-0.3, -0.25) is 9.98 Å². The predicted molar refractivity (Wildman–Crippen MR) is 83.8 cm³/mol. The zero-order valence-corrected chi connectivity index (χ0v) is 12.8. The average Bonchev–Trinajstić information content (AvgIpc) is 2.43. The van der Waals surface area contributed by atoms with Crippen molar-refractivity contribution < 1.29 is 0 Å². The molecule has 0 bridgehead atoms.